The predicted molar refractivity (Wildman–Crippen MR) is 218 cm³/mol. The van der Waals surface area contributed by atoms with Crippen molar-refractivity contribution in [3.63, 3.8) is 0 Å². The SMILES string of the molecule is c1ccc(-c2nc(-n3c4ccccc4c4c5c(ccc6oc7ccccc7c65)c5c6ccccc6n(-c6ccccc6)c5c43)nc3ccccc23)cc1. The highest BCUT2D eigenvalue weighted by Gasteiger charge is 2.27. The summed E-state index contributed by atoms with van der Waals surface area (Å²) in [6.45, 7) is 0. The lowest BCUT2D eigenvalue weighted by Crippen LogP contribution is -2.05. The van der Waals surface area contributed by atoms with Crippen LogP contribution in [0.3, 0.4) is 0 Å². The molecule has 5 heteroatoms. The molecule has 12 aromatic rings. The Morgan fingerprint density at radius 3 is 1.77 bits per heavy atom. The molecule has 246 valence electrons. The molecule has 0 saturated heterocycles. The fourth-order valence-corrected chi connectivity index (χ4v) is 8.77. The van der Waals surface area contributed by atoms with E-state index >= 15 is 0 Å². The first-order chi connectivity index (χ1) is 26.3. The van der Waals surface area contributed by atoms with Gasteiger partial charge in [-0.2, -0.15) is 0 Å². The summed E-state index contributed by atoms with van der Waals surface area (Å²) in [6.07, 6.45) is 0. The van der Waals surface area contributed by atoms with Crippen LogP contribution in [0.2, 0.25) is 0 Å². The summed E-state index contributed by atoms with van der Waals surface area (Å²) >= 11 is 0. The molecule has 4 heterocycles. The molecule has 0 aliphatic rings. The molecule has 53 heavy (non-hydrogen) atoms. The lowest BCUT2D eigenvalue weighted by molar-refractivity contribution is 0.669. The zero-order chi connectivity index (χ0) is 34.6. The summed E-state index contributed by atoms with van der Waals surface area (Å²) in [5, 5.41) is 10.3. The molecule has 0 N–H and O–H groups in total. The normalized spacial score (nSPS) is 12.2. The van der Waals surface area contributed by atoms with E-state index in [0.29, 0.717) is 5.95 Å². The first kappa shape index (κ1) is 28.5. The number of hydrogen-bond donors (Lipinski definition) is 0. The lowest BCUT2D eigenvalue weighted by Gasteiger charge is -2.15. The Kier molecular flexibility index (Phi) is 5.71. The summed E-state index contributed by atoms with van der Waals surface area (Å²) in [7, 11) is 0. The molecule has 0 amide bonds. The van der Waals surface area contributed by atoms with Crippen LogP contribution in [0.1, 0.15) is 0 Å². The number of aromatic nitrogens is 4. The second-order valence-corrected chi connectivity index (χ2v) is 13.7. The minimum Gasteiger partial charge on any atom is -0.456 e. The third-order valence-electron chi connectivity index (χ3n) is 10.9. The number of para-hydroxylation sites is 5. The number of hydrogen-bond acceptors (Lipinski definition) is 3. The zero-order valence-electron chi connectivity index (χ0n) is 28.4. The van der Waals surface area contributed by atoms with Crippen LogP contribution in [0.15, 0.2) is 174 Å². The van der Waals surface area contributed by atoms with Gasteiger partial charge >= 0.3 is 0 Å². The van der Waals surface area contributed by atoms with Crippen molar-refractivity contribution in [1.29, 1.82) is 0 Å². The number of nitrogens with zero attached hydrogens (tertiary/aromatic N) is 4. The quantitative estimate of drug-likeness (QED) is 0.187. The fourth-order valence-electron chi connectivity index (χ4n) is 8.77. The van der Waals surface area contributed by atoms with Crippen molar-refractivity contribution in [2.24, 2.45) is 0 Å². The van der Waals surface area contributed by atoms with E-state index in [-0.39, 0.29) is 0 Å². The number of furan rings is 1. The fraction of sp³-hybridized carbons (Fsp3) is 0. The average molecular weight is 677 g/mol. The first-order valence-corrected chi connectivity index (χ1v) is 17.9. The van der Waals surface area contributed by atoms with Gasteiger partial charge in [-0.1, -0.05) is 121 Å². The van der Waals surface area contributed by atoms with E-state index in [1.807, 2.05) is 12.1 Å². The third-order valence-corrected chi connectivity index (χ3v) is 10.9. The van der Waals surface area contributed by atoms with Crippen molar-refractivity contribution >= 4 is 87.2 Å². The second kappa shape index (κ2) is 10.6. The van der Waals surface area contributed by atoms with Crippen molar-refractivity contribution in [3.8, 4) is 22.9 Å². The van der Waals surface area contributed by atoms with Crippen molar-refractivity contribution in [1.82, 2.24) is 19.1 Å². The molecular weight excluding hydrogens is 649 g/mol. The largest absolute Gasteiger partial charge is 0.456 e. The Morgan fingerprint density at radius 2 is 0.981 bits per heavy atom. The van der Waals surface area contributed by atoms with Crippen LogP contribution in [0.4, 0.5) is 0 Å². The van der Waals surface area contributed by atoms with Gasteiger partial charge in [0.05, 0.1) is 33.3 Å². The van der Waals surface area contributed by atoms with Gasteiger partial charge in [0, 0.05) is 54.3 Å². The van der Waals surface area contributed by atoms with Crippen molar-refractivity contribution in [2.45, 2.75) is 0 Å². The third kappa shape index (κ3) is 3.85. The van der Waals surface area contributed by atoms with Gasteiger partial charge in [0.1, 0.15) is 11.2 Å². The van der Waals surface area contributed by atoms with Gasteiger partial charge in [0.2, 0.25) is 5.95 Å². The Hall–Kier alpha value is -7.24. The van der Waals surface area contributed by atoms with Gasteiger partial charge < -0.3 is 8.98 Å². The topological polar surface area (TPSA) is 48.8 Å². The summed E-state index contributed by atoms with van der Waals surface area (Å²) in [5.41, 5.74) is 10.0. The summed E-state index contributed by atoms with van der Waals surface area (Å²) in [5.74, 6) is 0.628. The zero-order valence-corrected chi connectivity index (χ0v) is 28.4. The molecule has 0 bridgehead atoms. The number of fused-ring (bicyclic) bond motifs is 15. The van der Waals surface area contributed by atoms with Crippen molar-refractivity contribution in [3.05, 3.63) is 170 Å². The minimum absolute atomic E-state index is 0.628. The number of rotatable bonds is 3. The van der Waals surface area contributed by atoms with Gasteiger partial charge in [-0.05, 0) is 53.9 Å². The molecule has 8 aromatic carbocycles. The molecule has 0 saturated carbocycles. The van der Waals surface area contributed by atoms with Crippen LogP contribution in [0.25, 0.3) is 110 Å². The van der Waals surface area contributed by atoms with E-state index in [4.69, 9.17) is 14.4 Å². The van der Waals surface area contributed by atoms with Gasteiger partial charge in [-0.25, -0.2) is 9.97 Å². The smallest absolute Gasteiger partial charge is 0.235 e. The van der Waals surface area contributed by atoms with Gasteiger partial charge in [-0.3, -0.25) is 4.57 Å². The van der Waals surface area contributed by atoms with Crippen LogP contribution >= 0.6 is 0 Å². The summed E-state index contributed by atoms with van der Waals surface area (Å²) < 4.78 is 11.3. The minimum atomic E-state index is 0.628. The van der Waals surface area contributed by atoms with Gasteiger partial charge in [-0.15, -0.1) is 0 Å². The average Bonchev–Trinajstić information content (AvgIpc) is 3.89. The highest BCUT2D eigenvalue weighted by atomic mass is 16.3. The lowest BCUT2D eigenvalue weighted by atomic mass is 9.95. The van der Waals surface area contributed by atoms with Crippen LogP contribution < -0.4 is 0 Å². The molecule has 0 spiro atoms. The predicted octanol–water partition coefficient (Wildman–Crippen LogP) is 12.5. The maximum Gasteiger partial charge on any atom is 0.235 e. The summed E-state index contributed by atoms with van der Waals surface area (Å²) in [4.78, 5) is 10.9. The van der Waals surface area contributed by atoms with E-state index in [0.717, 1.165) is 82.6 Å². The molecule has 0 unspecified atom stereocenters. The maximum absolute atomic E-state index is 6.56. The first-order valence-electron chi connectivity index (χ1n) is 17.9. The van der Waals surface area contributed by atoms with E-state index < -0.39 is 0 Å². The summed E-state index contributed by atoms with van der Waals surface area (Å²) in [6, 6.07) is 59.7. The Labute approximate surface area is 302 Å². The second-order valence-electron chi connectivity index (χ2n) is 13.7. The Bertz CT molecular complexity index is 3450. The molecular formula is C48H28N4O. The van der Waals surface area contributed by atoms with Crippen LogP contribution in [0, 0.1) is 0 Å². The van der Waals surface area contributed by atoms with Gasteiger partial charge in [0.15, 0.2) is 0 Å². The Balaban J connectivity index is 1.41. The van der Waals surface area contributed by atoms with E-state index in [2.05, 4.69) is 167 Å². The molecule has 0 aliphatic heterocycles. The highest BCUT2D eigenvalue weighted by Crippen LogP contribution is 2.49. The van der Waals surface area contributed by atoms with Crippen molar-refractivity contribution < 1.29 is 4.42 Å². The van der Waals surface area contributed by atoms with Crippen molar-refractivity contribution in [2.75, 3.05) is 0 Å². The molecule has 4 aromatic heterocycles. The number of benzene rings is 8. The highest BCUT2D eigenvalue weighted by molar-refractivity contribution is 6.41. The maximum atomic E-state index is 6.56. The molecule has 5 nitrogen and oxygen atoms in total. The standard InChI is InChI=1S/C48H28N4O/c1-3-15-29(16-4-1)45-31-19-7-11-23-36(31)49-48(50-45)52-38-25-13-9-21-33(38)44-43-35(27-28-40-42(43)34-22-10-14-26-39(34)53-40)41-32-20-8-12-24-37(32)51(46(41)47(44)52)30-17-5-2-6-18-30/h1-28H. The molecule has 0 fully saturated rings. The van der Waals surface area contributed by atoms with Crippen LogP contribution in [-0.4, -0.2) is 19.1 Å². The van der Waals surface area contributed by atoms with E-state index in [1.165, 1.54) is 21.5 Å². The monoisotopic (exact) mass is 676 g/mol. The van der Waals surface area contributed by atoms with Crippen LogP contribution in [-0.2, 0) is 0 Å². The molecule has 0 atom stereocenters. The molecule has 0 radical (unpaired) electrons. The molecule has 12 rings (SSSR count). The Morgan fingerprint density at radius 1 is 0.377 bits per heavy atom. The molecule has 0 aliphatic carbocycles. The van der Waals surface area contributed by atoms with Crippen LogP contribution in [0.5, 0.6) is 0 Å². The van der Waals surface area contributed by atoms with Gasteiger partial charge in [0.25, 0.3) is 0 Å². The van der Waals surface area contributed by atoms with E-state index in [1.54, 1.807) is 0 Å². The van der Waals surface area contributed by atoms with E-state index in [9.17, 15) is 0 Å².